The Balaban J connectivity index is 1.85. The largest absolute Gasteiger partial charge is 0.459 e. The van der Waals surface area contributed by atoms with E-state index >= 15 is 0 Å². The summed E-state index contributed by atoms with van der Waals surface area (Å²) in [6.45, 7) is 2.18. The highest BCUT2D eigenvalue weighted by Gasteiger charge is 2.37. The summed E-state index contributed by atoms with van der Waals surface area (Å²) in [6.07, 6.45) is 1.26. The summed E-state index contributed by atoms with van der Waals surface area (Å²) in [6, 6.07) is 6.26. The van der Waals surface area contributed by atoms with Crippen LogP contribution in [-0.4, -0.2) is 62.6 Å². The van der Waals surface area contributed by atoms with Crippen LogP contribution in [0.1, 0.15) is 30.9 Å². The van der Waals surface area contributed by atoms with Gasteiger partial charge in [-0.1, -0.05) is 43.0 Å². The Morgan fingerprint density at radius 3 is 2.47 bits per heavy atom. The molecule has 1 heterocycles. The van der Waals surface area contributed by atoms with Gasteiger partial charge in [0.2, 0.25) is 11.0 Å². The van der Waals surface area contributed by atoms with Crippen molar-refractivity contribution >= 4 is 28.8 Å². The van der Waals surface area contributed by atoms with Gasteiger partial charge in [-0.05, 0) is 24.0 Å². The maximum atomic E-state index is 12.7. The van der Waals surface area contributed by atoms with E-state index in [-0.39, 0.29) is 36.2 Å². The molecule has 0 aromatic heterocycles. The molecule has 10 nitrogen and oxygen atoms in total. The van der Waals surface area contributed by atoms with Gasteiger partial charge in [-0.3, -0.25) is 20.0 Å². The van der Waals surface area contributed by atoms with Crippen molar-refractivity contribution in [3.8, 4) is 0 Å². The van der Waals surface area contributed by atoms with Crippen LogP contribution in [0.5, 0.6) is 0 Å². The number of amides is 1. The lowest BCUT2D eigenvalue weighted by Crippen LogP contribution is -2.44. The Labute approximate surface area is 178 Å². The van der Waals surface area contributed by atoms with Crippen molar-refractivity contribution in [1.29, 1.82) is 0 Å². The predicted octanol–water partition coefficient (Wildman–Crippen LogP) is 1.09. The monoisotopic (exact) mass is 441 g/mol. The number of esters is 1. The van der Waals surface area contributed by atoms with Gasteiger partial charge in [-0.15, -0.1) is 0 Å². The quantitative estimate of drug-likeness (QED) is 0.356. The highest BCUT2D eigenvalue weighted by Crippen LogP contribution is 2.23. The Morgan fingerprint density at radius 1 is 1.23 bits per heavy atom. The lowest BCUT2D eigenvalue weighted by molar-refractivity contribution is -0.497. The molecule has 30 heavy (non-hydrogen) atoms. The Bertz CT molecular complexity index is 729. The fraction of sp³-hybridized carbons (Fsp3) is 0.526. The van der Waals surface area contributed by atoms with E-state index in [0.717, 1.165) is 17.3 Å². The second kappa shape index (κ2) is 12.0. The molecular formula is C19H27N3O7S. The minimum absolute atomic E-state index is 0.0282. The van der Waals surface area contributed by atoms with E-state index in [1.54, 1.807) is 31.2 Å². The predicted molar refractivity (Wildman–Crippen MR) is 107 cm³/mol. The number of likely N-dealkylation sites (tertiary alicyclic amines) is 1. The van der Waals surface area contributed by atoms with Crippen LogP contribution in [-0.2, 0) is 37.2 Å². The van der Waals surface area contributed by atoms with Crippen molar-refractivity contribution in [2.45, 2.75) is 39.0 Å². The molecule has 1 fully saturated rings. The number of carbonyl (C=O) groups is 3. The number of benzene rings is 1. The molecule has 0 spiro atoms. The van der Waals surface area contributed by atoms with E-state index < -0.39 is 17.9 Å². The van der Waals surface area contributed by atoms with Gasteiger partial charge in [0.05, 0.1) is 18.5 Å². The highest BCUT2D eigenvalue weighted by molar-refractivity contribution is 8.13. The van der Waals surface area contributed by atoms with Gasteiger partial charge in [0.15, 0.2) is 0 Å². The molecule has 0 saturated carbocycles. The molecule has 0 bridgehead atoms. The van der Waals surface area contributed by atoms with E-state index in [1.165, 1.54) is 4.90 Å². The zero-order valence-electron chi connectivity index (χ0n) is 16.7. The zero-order chi connectivity index (χ0) is 22.1. The van der Waals surface area contributed by atoms with Crippen LogP contribution in [0.2, 0.25) is 0 Å². The molecule has 1 amide bonds. The van der Waals surface area contributed by atoms with Crippen LogP contribution in [0.3, 0.4) is 0 Å². The van der Waals surface area contributed by atoms with E-state index in [9.17, 15) is 14.4 Å². The molecule has 1 aliphatic heterocycles. The summed E-state index contributed by atoms with van der Waals surface area (Å²) in [4.78, 5) is 42.6. The first-order chi connectivity index (χ1) is 14.3. The Morgan fingerprint density at radius 2 is 1.87 bits per heavy atom. The molecule has 1 aliphatic rings. The van der Waals surface area contributed by atoms with Crippen molar-refractivity contribution < 1.29 is 34.4 Å². The summed E-state index contributed by atoms with van der Waals surface area (Å²) in [7, 11) is 0. The SMILES string of the molecule is C[C@H](CSC(=O)CN)C(=O)N1CCC[C@H]1C(=O)OCc1ccc(CON(O)O)cc1. The van der Waals surface area contributed by atoms with Crippen LogP contribution >= 0.6 is 11.8 Å². The third kappa shape index (κ3) is 7.35. The molecule has 1 saturated heterocycles. The van der Waals surface area contributed by atoms with Crippen LogP contribution < -0.4 is 5.73 Å². The third-order valence-corrected chi connectivity index (χ3v) is 5.80. The fourth-order valence-corrected chi connectivity index (χ4v) is 3.72. The van der Waals surface area contributed by atoms with E-state index in [1.807, 2.05) is 0 Å². The van der Waals surface area contributed by atoms with Gasteiger partial charge in [0.1, 0.15) is 12.6 Å². The molecule has 11 heteroatoms. The first-order valence-electron chi connectivity index (χ1n) is 9.53. The topological polar surface area (TPSA) is 143 Å². The summed E-state index contributed by atoms with van der Waals surface area (Å²) in [5, 5.41) is 16.5. The molecular weight excluding hydrogens is 414 g/mol. The van der Waals surface area contributed by atoms with Crippen LogP contribution in [0, 0.1) is 5.92 Å². The molecule has 1 aromatic rings. The molecule has 166 valence electrons. The van der Waals surface area contributed by atoms with E-state index in [4.69, 9.17) is 20.9 Å². The summed E-state index contributed by atoms with van der Waals surface area (Å²) < 4.78 is 5.40. The number of ether oxygens (including phenoxy) is 1. The average molecular weight is 442 g/mol. The van der Waals surface area contributed by atoms with Crippen LogP contribution in [0.4, 0.5) is 0 Å². The molecule has 2 rings (SSSR count). The van der Waals surface area contributed by atoms with Crippen molar-refractivity contribution in [2.24, 2.45) is 11.7 Å². The fourth-order valence-electron chi connectivity index (χ4n) is 3.02. The molecule has 0 unspecified atom stereocenters. The average Bonchev–Trinajstić information content (AvgIpc) is 3.24. The highest BCUT2D eigenvalue weighted by atomic mass is 32.2. The van der Waals surface area contributed by atoms with Crippen LogP contribution in [0.25, 0.3) is 0 Å². The van der Waals surface area contributed by atoms with Crippen molar-refractivity contribution in [3.05, 3.63) is 35.4 Å². The number of hydrogen-bond acceptors (Lipinski definition) is 10. The molecule has 0 aliphatic carbocycles. The van der Waals surface area contributed by atoms with Gasteiger partial charge in [0.25, 0.3) is 0 Å². The zero-order valence-corrected chi connectivity index (χ0v) is 17.5. The second-order valence-electron chi connectivity index (χ2n) is 6.93. The first kappa shape index (κ1) is 24.3. The summed E-state index contributed by atoms with van der Waals surface area (Å²) in [5.41, 5.74) is 6.73. The number of hydrogen-bond donors (Lipinski definition) is 3. The van der Waals surface area contributed by atoms with Gasteiger partial charge in [-0.2, -0.15) is 0 Å². The Kier molecular flexibility index (Phi) is 9.69. The molecule has 0 radical (unpaired) electrons. The van der Waals surface area contributed by atoms with Crippen molar-refractivity contribution in [2.75, 3.05) is 18.8 Å². The number of nitrogens with two attached hydrogens (primary N) is 1. The van der Waals surface area contributed by atoms with Crippen molar-refractivity contribution in [3.63, 3.8) is 0 Å². The maximum absolute atomic E-state index is 12.7. The number of thioether (sulfide) groups is 1. The summed E-state index contributed by atoms with van der Waals surface area (Å²) >= 11 is 1.03. The van der Waals surface area contributed by atoms with Gasteiger partial charge >= 0.3 is 5.97 Å². The second-order valence-corrected chi connectivity index (χ2v) is 8.01. The first-order valence-corrected chi connectivity index (χ1v) is 10.5. The standard InChI is InChI=1S/C19H27N3O7S/c1-13(12-30-17(23)9-20)18(24)21-8-2-3-16(21)19(25)28-10-14-4-6-15(7-5-14)11-29-22(26)27/h4-7,13,16,26-27H,2-3,8-12,20H2,1H3/t13-,16+/m1/s1. The molecule has 2 atom stereocenters. The maximum Gasteiger partial charge on any atom is 0.329 e. The van der Waals surface area contributed by atoms with E-state index in [2.05, 4.69) is 4.84 Å². The molecule has 4 N–H and O–H groups in total. The third-order valence-electron chi connectivity index (χ3n) is 4.64. The van der Waals surface area contributed by atoms with Crippen LogP contribution in [0.15, 0.2) is 24.3 Å². The minimum atomic E-state index is -0.622. The number of carbonyl (C=O) groups excluding carboxylic acids is 3. The summed E-state index contributed by atoms with van der Waals surface area (Å²) in [5.74, 6) is -0.698. The Hall–Kier alpha value is -2.02. The lowest BCUT2D eigenvalue weighted by atomic mass is 10.1. The minimum Gasteiger partial charge on any atom is -0.459 e. The normalized spacial score (nSPS) is 17.2. The van der Waals surface area contributed by atoms with E-state index in [0.29, 0.717) is 30.7 Å². The number of rotatable bonds is 10. The van der Waals surface area contributed by atoms with Gasteiger partial charge in [0, 0.05) is 18.2 Å². The van der Waals surface area contributed by atoms with Crippen molar-refractivity contribution in [1.82, 2.24) is 10.3 Å². The van der Waals surface area contributed by atoms with Gasteiger partial charge < -0.3 is 15.4 Å². The number of nitrogens with zero attached hydrogens (tertiary/aromatic N) is 2. The van der Waals surface area contributed by atoms with Gasteiger partial charge in [-0.25, -0.2) is 9.63 Å². The lowest BCUT2D eigenvalue weighted by Gasteiger charge is -2.26. The molecule has 1 aromatic carbocycles. The smallest absolute Gasteiger partial charge is 0.329 e.